The molecule has 0 heterocycles. The molecule has 0 radical (unpaired) electrons. The third-order valence-corrected chi connectivity index (χ3v) is 0. The van der Waals surface area contributed by atoms with Gasteiger partial charge in [0.15, 0.2) is 0 Å². The van der Waals surface area contributed by atoms with Crippen molar-refractivity contribution in [3.63, 3.8) is 0 Å². The molecule has 6 heavy (non-hydrogen) atoms. The number of thiol groups is 1. The maximum Gasteiger partial charge on any atom is 0.402 e. The summed E-state index contributed by atoms with van der Waals surface area (Å²) in [5, 5.41) is 11.4. The molecule has 0 spiro atoms. The number of hydrogen-bond acceptors (Lipinski definition) is 3. The summed E-state index contributed by atoms with van der Waals surface area (Å²) in [6.07, 6.45) is -1.33. The topological polar surface area (TPSA) is 89.3 Å². The highest BCUT2D eigenvalue weighted by Gasteiger charge is 1.65. The maximum absolute atomic E-state index is 8.78. The van der Waals surface area contributed by atoms with Gasteiger partial charge in [0, 0.05) is 0 Å². The van der Waals surface area contributed by atoms with Crippen LogP contribution >= 0.6 is 12.8 Å². The lowest BCUT2D eigenvalue weighted by atomic mass is 11.3. The largest absolute Gasteiger partial charge is 0.465 e. The molecule has 0 bridgehead atoms. The molecule has 0 unspecified atom stereocenters. The molecule has 0 aromatic carbocycles. The fourth-order valence-corrected chi connectivity index (χ4v) is 0. The third-order valence-electron chi connectivity index (χ3n) is 0. The van der Waals surface area contributed by atoms with E-state index in [1.165, 1.54) is 0 Å². The Bertz CT molecular complexity index is 34.5. The van der Waals surface area contributed by atoms with E-state index in [4.69, 9.17) is 9.90 Å². The Kier molecular flexibility index (Phi) is 13.4. The van der Waals surface area contributed by atoms with Crippen molar-refractivity contribution in [2.24, 2.45) is 10.9 Å². The maximum atomic E-state index is 8.78. The van der Waals surface area contributed by atoms with E-state index in [0.717, 1.165) is 0 Å². The van der Waals surface area contributed by atoms with Crippen LogP contribution in [0.1, 0.15) is 0 Å². The highest BCUT2D eigenvalue weighted by Crippen LogP contribution is 1.34. The van der Waals surface area contributed by atoms with Gasteiger partial charge in [0.25, 0.3) is 0 Å². The summed E-state index contributed by atoms with van der Waals surface area (Å²) >= 11 is 3.03. The van der Waals surface area contributed by atoms with Crippen LogP contribution in [0.4, 0.5) is 4.79 Å². The standard InChI is InChI=1S/CH3NO2.H3NS/c2-1(3)4;1-2/h2H2,(H,3,4);2H,1H2. The monoisotopic (exact) mass is 110 g/mol. The molecule has 0 aliphatic rings. The SMILES string of the molecule is NC(=O)O.NS. The molecule has 38 valence electrons. The number of primary amides is 1. The lowest BCUT2D eigenvalue weighted by Crippen LogP contribution is -2.03. The number of rotatable bonds is 0. The lowest BCUT2D eigenvalue weighted by molar-refractivity contribution is 0.205. The summed E-state index contributed by atoms with van der Waals surface area (Å²) in [6.45, 7) is 0. The number of carbonyl (C=O) groups is 1. The first-order chi connectivity index (χ1) is 2.73. The van der Waals surface area contributed by atoms with Crippen LogP contribution in [0.5, 0.6) is 0 Å². The number of amides is 1. The average Bonchev–Trinajstić information content (AvgIpc) is 1.41. The quantitative estimate of drug-likeness (QED) is 0.314. The van der Waals surface area contributed by atoms with Crippen LogP contribution in [-0.4, -0.2) is 11.2 Å². The smallest absolute Gasteiger partial charge is 0.402 e. The first-order valence-corrected chi connectivity index (χ1v) is 1.49. The van der Waals surface area contributed by atoms with Gasteiger partial charge in [-0.25, -0.2) is 4.79 Å². The van der Waals surface area contributed by atoms with Gasteiger partial charge in [0.05, 0.1) is 0 Å². The molecule has 4 nitrogen and oxygen atoms in total. The predicted molar refractivity (Wildman–Crippen MR) is 25.4 cm³/mol. The van der Waals surface area contributed by atoms with E-state index >= 15 is 0 Å². The zero-order valence-corrected chi connectivity index (χ0v) is 3.85. The van der Waals surface area contributed by atoms with Gasteiger partial charge < -0.3 is 10.8 Å². The Morgan fingerprint density at radius 1 is 1.67 bits per heavy atom. The van der Waals surface area contributed by atoms with Crippen LogP contribution in [0.25, 0.3) is 0 Å². The van der Waals surface area contributed by atoms with Crippen molar-refractivity contribution in [2.45, 2.75) is 0 Å². The molecule has 5 N–H and O–H groups in total. The summed E-state index contributed by atoms with van der Waals surface area (Å²) in [7, 11) is 0. The van der Waals surface area contributed by atoms with Crippen molar-refractivity contribution in [3.8, 4) is 0 Å². The van der Waals surface area contributed by atoms with Crippen molar-refractivity contribution in [1.82, 2.24) is 0 Å². The third kappa shape index (κ3) is 135. The molecule has 0 saturated heterocycles. The summed E-state index contributed by atoms with van der Waals surface area (Å²) in [5.41, 5.74) is 4.03. The first kappa shape index (κ1) is 9.13. The van der Waals surface area contributed by atoms with Gasteiger partial charge in [-0.3, -0.25) is 5.14 Å². The van der Waals surface area contributed by atoms with Gasteiger partial charge in [0.2, 0.25) is 0 Å². The summed E-state index contributed by atoms with van der Waals surface area (Å²) in [4.78, 5) is 8.78. The van der Waals surface area contributed by atoms with Crippen LogP contribution in [0.2, 0.25) is 0 Å². The summed E-state index contributed by atoms with van der Waals surface area (Å²) in [6, 6.07) is 0. The fraction of sp³-hybridized carbons (Fsp3) is 0. The van der Waals surface area contributed by atoms with E-state index in [1.807, 2.05) is 0 Å². The normalized spacial score (nSPS) is 5.00. The Morgan fingerprint density at radius 2 is 1.67 bits per heavy atom. The summed E-state index contributed by atoms with van der Waals surface area (Å²) < 4.78 is 0. The minimum Gasteiger partial charge on any atom is -0.465 e. The second-order valence-corrected chi connectivity index (χ2v) is 0.338. The van der Waals surface area contributed by atoms with Crippen molar-refractivity contribution >= 4 is 18.9 Å². The molecular weight excluding hydrogens is 104 g/mol. The lowest BCUT2D eigenvalue weighted by Gasteiger charge is -1.61. The number of carboxylic acid groups (broad SMARTS) is 1. The molecule has 1 amide bonds. The molecule has 0 aliphatic carbocycles. The van der Waals surface area contributed by atoms with E-state index in [0.29, 0.717) is 0 Å². The van der Waals surface area contributed by atoms with Crippen molar-refractivity contribution in [2.75, 3.05) is 0 Å². The predicted octanol–water partition coefficient (Wildman–Crippen LogP) is -0.587. The van der Waals surface area contributed by atoms with Crippen LogP contribution < -0.4 is 10.9 Å². The zero-order chi connectivity index (χ0) is 5.58. The van der Waals surface area contributed by atoms with Gasteiger partial charge in [0.1, 0.15) is 0 Å². The van der Waals surface area contributed by atoms with Crippen molar-refractivity contribution in [3.05, 3.63) is 0 Å². The molecule has 0 saturated carbocycles. The number of nitrogens with two attached hydrogens (primary N) is 2. The van der Waals surface area contributed by atoms with Gasteiger partial charge >= 0.3 is 6.09 Å². The molecule has 0 fully saturated rings. The molecule has 0 atom stereocenters. The summed E-state index contributed by atoms with van der Waals surface area (Å²) in [5.74, 6) is 0. The second kappa shape index (κ2) is 8.82. The average molecular weight is 110 g/mol. The van der Waals surface area contributed by atoms with Crippen LogP contribution in [0.15, 0.2) is 0 Å². The molecular formula is CH6N2O2S. The van der Waals surface area contributed by atoms with Gasteiger partial charge in [-0.15, -0.1) is 12.8 Å². The van der Waals surface area contributed by atoms with E-state index in [9.17, 15) is 0 Å². The Labute approximate surface area is 40.7 Å². The highest BCUT2D eigenvalue weighted by molar-refractivity contribution is 7.77. The van der Waals surface area contributed by atoms with E-state index < -0.39 is 6.09 Å². The van der Waals surface area contributed by atoms with Gasteiger partial charge in [-0.1, -0.05) is 0 Å². The molecule has 0 aromatic rings. The van der Waals surface area contributed by atoms with Gasteiger partial charge in [-0.05, 0) is 0 Å². The Hall–Kier alpha value is -0.420. The van der Waals surface area contributed by atoms with E-state index in [1.54, 1.807) is 0 Å². The first-order valence-electron chi connectivity index (χ1n) is 0.975. The highest BCUT2D eigenvalue weighted by atomic mass is 32.1. The molecule has 0 aromatic heterocycles. The van der Waals surface area contributed by atoms with Crippen LogP contribution in [0.3, 0.4) is 0 Å². The Balaban J connectivity index is 0. The fourth-order valence-electron chi connectivity index (χ4n) is 0. The zero-order valence-electron chi connectivity index (χ0n) is 2.96. The minimum absolute atomic E-state index is 1.33. The van der Waals surface area contributed by atoms with E-state index in [2.05, 4.69) is 23.7 Å². The Morgan fingerprint density at radius 3 is 1.67 bits per heavy atom. The van der Waals surface area contributed by atoms with Crippen LogP contribution in [0, 0.1) is 0 Å². The molecule has 5 heteroatoms. The van der Waals surface area contributed by atoms with Gasteiger partial charge in [-0.2, -0.15) is 0 Å². The second-order valence-electron chi connectivity index (χ2n) is 0.338. The number of hydrogen-bond donors (Lipinski definition) is 4. The van der Waals surface area contributed by atoms with Crippen LogP contribution in [-0.2, 0) is 0 Å². The molecule has 0 aliphatic heterocycles. The van der Waals surface area contributed by atoms with Crippen molar-refractivity contribution < 1.29 is 9.90 Å². The van der Waals surface area contributed by atoms with Crippen molar-refractivity contribution in [1.29, 1.82) is 0 Å². The molecule has 0 rings (SSSR count). The van der Waals surface area contributed by atoms with E-state index in [-0.39, 0.29) is 0 Å². The minimum atomic E-state index is -1.33.